The first-order valence-corrected chi connectivity index (χ1v) is 5.55. The molecular weight excluding hydrogens is 214 g/mol. The minimum atomic E-state index is -0.109. The second-order valence-corrected chi connectivity index (χ2v) is 3.92. The summed E-state index contributed by atoms with van der Waals surface area (Å²) in [5.74, 6) is 0. The number of hydrogen-bond acceptors (Lipinski definition) is 3. The van der Waals surface area contributed by atoms with Gasteiger partial charge in [0.05, 0.1) is 23.0 Å². The molecule has 15 heavy (non-hydrogen) atoms. The molecule has 86 valence electrons. The lowest BCUT2D eigenvalue weighted by atomic mass is 10.1. The van der Waals surface area contributed by atoms with Crippen LogP contribution in [0.3, 0.4) is 0 Å². The van der Waals surface area contributed by atoms with E-state index in [9.17, 15) is 0 Å². The van der Waals surface area contributed by atoms with Crippen molar-refractivity contribution in [3.05, 3.63) is 16.9 Å². The lowest BCUT2D eigenvalue weighted by Crippen LogP contribution is -2.17. The Morgan fingerprint density at radius 3 is 2.87 bits per heavy atom. The third-order valence-electron chi connectivity index (χ3n) is 2.21. The maximum Gasteiger partial charge on any atom is 0.0833 e. The molecule has 5 heteroatoms. The molecule has 1 heterocycles. The molecule has 1 aromatic heterocycles. The van der Waals surface area contributed by atoms with Gasteiger partial charge in [-0.2, -0.15) is 5.10 Å². The van der Waals surface area contributed by atoms with Gasteiger partial charge in [0.2, 0.25) is 0 Å². The van der Waals surface area contributed by atoms with Gasteiger partial charge in [-0.1, -0.05) is 18.5 Å². The highest BCUT2D eigenvalue weighted by Crippen LogP contribution is 2.22. The Labute approximate surface area is 95.3 Å². The molecule has 1 unspecified atom stereocenters. The molecule has 0 amide bonds. The third-order valence-corrected chi connectivity index (χ3v) is 2.50. The fraction of sp³-hybridized carbons (Fsp3) is 0.700. The molecule has 0 aliphatic rings. The first-order valence-electron chi connectivity index (χ1n) is 5.17. The second-order valence-electron chi connectivity index (χ2n) is 3.51. The van der Waals surface area contributed by atoms with E-state index in [2.05, 4.69) is 12.0 Å². The molecular formula is C10H18ClN3O. The highest BCUT2D eigenvalue weighted by molar-refractivity contribution is 6.31. The predicted octanol–water partition coefficient (Wildman–Crippen LogP) is 1.89. The molecule has 0 saturated carbocycles. The fourth-order valence-electron chi connectivity index (χ4n) is 1.43. The maximum absolute atomic E-state index is 6.00. The number of nitrogens with two attached hydrogens (primary N) is 1. The van der Waals surface area contributed by atoms with Gasteiger partial charge >= 0.3 is 0 Å². The smallest absolute Gasteiger partial charge is 0.0833 e. The molecule has 0 fully saturated rings. The van der Waals surface area contributed by atoms with Gasteiger partial charge in [0, 0.05) is 20.3 Å². The van der Waals surface area contributed by atoms with Gasteiger partial charge in [-0.3, -0.25) is 4.68 Å². The minimum absolute atomic E-state index is 0.109. The van der Waals surface area contributed by atoms with Crippen LogP contribution in [-0.2, 0) is 11.8 Å². The topological polar surface area (TPSA) is 53.1 Å². The Bertz CT molecular complexity index is 281. The third kappa shape index (κ3) is 3.48. The van der Waals surface area contributed by atoms with Crippen molar-refractivity contribution < 1.29 is 4.74 Å². The number of halogens is 1. The van der Waals surface area contributed by atoms with E-state index in [0.717, 1.165) is 25.1 Å². The van der Waals surface area contributed by atoms with Crippen LogP contribution < -0.4 is 5.73 Å². The average Bonchev–Trinajstić information content (AvgIpc) is 2.53. The van der Waals surface area contributed by atoms with Gasteiger partial charge in [0.1, 0.15) is 0 Å². The highest BCUT2D eigenvalue weighted by atomic mass is 35.5. The van der Waals surface area contributed by atoms with Crippen LogP contribution in [0.25, 0.3) is 0 Å². The SMILES string of the molecule is CCCOCCC(N)c1c(Cl)cnn1C. The maximum atomic E-state index is 6.00. The summed E-state index contributed by atoms with van der Waals surface area (Å²) in [4.78, 5) is 0. The lowest BCUT2D eigenvalue weighted by Gasteiger charge is -2.12. The van der Waals surface area contributed by atoms with E-state index in [4.69, 9.17) is 22.1 Å². The molecule has 0 aromatic carbocycles. The Hall–Kier alpha value is -0.580. The molecule has 2 N–H and O–H groups in total. The molecule has 0 aliphatic carbocycles. The first kappa shape index (κ1) is 12.5. The number of rotatable bonds is 6. The van der Waals surface area contributed by atoms with Gasteiger partial charge in [-0.25, -0.2) is 0 Å². The van der Waals surface area contributed by atoms with Crippen molar-refractivity contribution in [3.63, 3.8) is 0 Å². The normalized spacial score (nSPS) is 13.1. The molecule has 0 saturated heterocycles. The molecule has 4 nitrogen and oxygen atoms in total. The van der Waals surface area contributed by atoms with E-state index < -0.39 is 0 Å². The van der Waals surface area contributed by atoms with Gasteiger partial charge in [-0.05, 0) is 12.8 Å². The predicted molar refractivity (Wildman–Crippen MR) is 60.9 cm³/mol. The van der Waals surface area contributed by atoms with Gasteiger partial charge < -0.3 is 10.5 Å². The lowest BCUT2D eigenvalue weighted by molar-refractivity contribution is 0.127. The van der Waals surface area contributed by atoms with Crippen LogP contribution in [-0.4, -0.2) is 23.0 Å². The van der Waals surface area contributed by atoms with Crippen LogP contribution in [0, 0.1) is 0 Å². The summed E-state index contributed by atoms with van der Waals surface area (Å²) < 4.78 is 7.09. The number of hydrogen-bond donors (Lipinski definition) is 1. The first-order chi connectivity index (χ1) is 7.16. The van der Waals surface area contributed by atoms with Gasteiger partial charge in [0.15, 0.2) is 0 Å². The average molecular weight is 232 g/mol. The molecule has 0 bridgehead atoms. The Balaban J connectivity index is 2.43. The van der Waals surface area contributed by atoms with Crippen LogP contribution in [0.5, 0.6) is 0 Å². The summed E-state index contributed by atoms with van der Waals surface area (Å²) in [6, 6.07) is -0.109. The van der Waals surface area contributed by atoms with E-state index in [1.807, 2.05) is 7.05 Å². The molecule has 0 radical (unpaired) electrons. The van der Waals surface area contributed by atoms with Crippen LogP contribution in [0.1, 0.15) is 31.5 Å². The summed E-state index contributed by atoms with van der Waals surface area (Å²) in [6.45, 7) is 3.53. The van der Waals surface area contributed by atoms with Gasteiger partial charge in [-0.15, -0.1) is 0 Å². The minimum Gasteiger partial charge on any atom is -0.381 e. The number of aromatic nitrogens is 2. The summed E-state index contributed by atoms with van der Waals surface area (Å²) in [5.41, 5.74) is 6.87. The summed E-state index contributed by atoms with van der Waals surface area (Å²) in [6.07, 6.45) is 3.41. The van der Waals surface area contributed by atoms with Gasteiger partial charge in [0.25, 0.3) is 0 Å². The highest BCUT2D eigenvalue weighted by Gasteiger charge is 2.14. The molecule has 0 spiro atoms. The van der Waals surface area contributed by atoms with Crippen LogP contribution in [0.15, 0.2) is 6.20 Å². The summed E-state index contributed by atoms with van der Waals surface area (Å²) in [7, 11) is 1.84. The molecule has 0 aliphatic heterocycles. The summed E-state index contributed by atoms with van der Waals surface area (Å²) in [5, 5.41) is 4.67. The van der Waals surface area contributed by atoms with Crippen molar-refractivity contribution in [2.75, 3.05) is 13.2 Å². The Morgan fingerprint density at radius 2 is 2.33 bits per heavy atom. The Morgan fingerprint density at radius 1 is 1.60 bits per heavy atom. The van der Waals surface area contributed by atoms with E-state index in [-0.39, 0.29) is 6.04 Å². The van der Waals surface area contributed by atoms with Crippen molar-refractivity contribution in [1.29, 1.82) is 0 Å². The van der Waals surface area contributed by atoms with Crippen molar-refractivity contribution >= 4 is 11.6 Å². The van der Waals surface area contributed by atoms with E-state index in [1.54, 1.807) is 10.9 Å². The van der Waals surface area contributed by atoms with Crippen molar-refractivity contribution in [1.82, 2.24) is 9.78 Å². The molecule has 1 rings (SSSR count). The monoisotopic (exact) mass is 231 g/mol. The van der Waals surface area contributed by atoms with Crippen LogP contribution >= 0.6 is 11.6 Å². The van der Waals surface area contributed by atoms with Crippen LogP contribution in [0.4, 0.5) is 0 Å². The van der Waals surface area contributed by atoms with Crippen molar-refractivity contribution in [3.8, 4) is 0 Å². The second kappa shape index (κ2) is 6.10. The zero-order chi connectivity index (χ0) is 11.3. The van der Waals surface area contributed by atoms with E-state index in [0.29, 0.717) is 11.6 Å². The van der Waals surface area contributed by atoms with E-state index >= 15 is 0 Å². The standard InChI is InChI=1S/C10H18ClN3O/c1-3-5-15-6-4-9(12)10-8(11)7-13-14(10)2/h7,9H,3-6,12H2,1-2H3. The van der Waals surface area contributed by atoms with Crippen molar-refractivity contribution in [2.24, 2.45) is 12.8 Å². The molecule has 1 atom stereocenters. The zero-order valence-electron chi connectivity index (χ0n) is 9.24. The Kier molecular flexibility index (Phi) is 5.08. The number of aryl methyl sites for hydroxylation is 1. The summed E-state index contributed by atoms with van der Waals surface area (Å²) >= 11 is 5.98. The van der Waals surface area contributed by atoms with Crippen LogP contribution in [0.2, 0.25) is 5.02 Å². The molecule has 1 aromatic rings. The largest absolute Gasteiger partial charge is 0.381 e. The fourth-order valence-corrected chi connectivity index (χ4v) is 1.74. The number of nitrogens with zero attached hydrogens (tertiary/aromatic N) is 2. The quantitative estimate of drug-likeness (QED) is 0.761. The van der Waals surface area contributed by atoms with Crippen molar-refractivity contribution in [2.45, 2.75) is 25.8 Å². The number of ether oxygens (including phenoxy) is 1. The van der Waals surface area contributed by atoms with E-state index in [1.165, 1.54) is 0 Å². The zero-order valence-corrected chi connectivity index (χ0v) is 10.00.